The molecule has 0 saturated carbocycles. The minimum atomic E-state index is -0.289. The Morgan fingerprint density at radius 3 is 1.37 bits per heavy atom. The van der Waals surface area contributed by atoms with E-state index in [9.17, 15) is 0 Å². The molecule has 6 aromatic rings. The number of hydrogen-bond donors (Lipinski definition) is 0. The van der Waals surface area contributed by atoms with Crippen LogP contribution in [0.3, 0.4) is 0 Å². The first kappa shape index (κ1) is 30.7. The van der Waals surface area contributed by atoms with Crippen LogP contribution in [0.5, 0.6) is 11.5 Å². The maximum Gasteiger partial charge on any atom is 0.131 e. The van der Waals surface area contributed by atoms with Crippen LogP contribution >= 0.6 is 0 Å². The summed E-state index contributed by atoms with van der Waals surface area (Å²) >= 11 is 0. The Kier molecular flexibility index (Phi) is 5.76. The van der Waals surface area contributed by atoms with Gasteiger partial charge in [-0.1, -0.05) is 158 Å². The van der Waals surface area contributed by atoms with Crippen LogP contribution in [-0.4, -0.2) is 0 Å². The Morgan fingerprint density at radius 2 is 0.825 bits per heavy atom. The predicted octanol–water partition coefficient (Wildman–Crippen LogP) is 13.4. The van der Waals surface area contributed by atoms with Crippen molar-refractivity contribution in [3.8, 4) is 33.8 Å². The Morgan fingerprint density at radius 1 is 0.404 bits per heavy atom. The lowest BCUT2D eigenvalue weighted by molar-refractivity contribution is 0.462. The lowest BCUT2D eigenvalue weighted by Crippen LogP contribution is -2.32. The third-order valence-corrected chi connectivity index (χ3v) is 15.2. The molecule has 268 valence electrons. The molecule has 8 aliphatic rings. The molecule has 0 radical (unpaired) electrons. The number of ether oxygens (including phenoxy) is 1. The number of fused-ring (bicyclic) bond motifs is 25. The van der Waals surface area contributed by atoms with Crippen LogP contribution in [0.25, 0.3) is 33.4 Å². The third-order valence-electron chi connectivity index (χ3n) is 15.2. The van der Waals surface area contributed by atoms with Gasteiger partial charge >= 0.3 is 0 Å². The van der Waals surface area contributed by atoms with Crippen LogP contribution in [0, 0.1) is 11.8 Å². The summed E-state index contributed by atoms with van der Waals surface area (Å²) in [6, 6.07) is 46.8. The summed E-state index contributed by atoms with van der Waals surface area (Å²) in [5.74, 6) is 2.93. The lowest BCUT2D eigenvalue weighted by atomic mass is 9.65. The fraction of sp³-hybridized carbons (Fsp3) is 0.143. The summed E-state index contributed by atoms with van der Waals surface area (Å²) in [6.07, 6.45) is 25.4. The highest BCUT2D eigenvalue weighted by molar-refractivity contribution is 5.95. The molecule has 7 aliphatic carbocycles. The van der Waals surface area contributed by atoms with E-state index < -0.39 is 0 Å². The van der Waals surface area contributed by atoms with Gasteiger partial charge in [-0.25, -0.2) is 0 Å². The zero-order chi connectivity index (χ0) is 37.0. The van der Waals surface area contributed by atoms with Crippen molar-refractivity contribution in [2.75, 3.05) is 0 Å². The first-order valence-electron chi connectivity index (χ1n) is 20.8. The summed E-state index contributed by atoms with van der Waals surface area (Å²) in [7, 11) is 0. The van der Waals surface area contributed by atoms with Gasteiger partial charge in [0.15, 0.2) is 0 Å². The number of rotatable bonds is 0. The Bertz CT molecular complexity index is 2990. The molecule has 57 heavy (non-hydrogen) atoms. The third kappa shape index (κ3) is 3.52. The smallest absolute Gasteiger partial charge is 0.131 e. The number of hydrogen-bond acceptors (Lipinski definition) is 1. The lowest BCUT2D eigenvalue weighted by Gasteiger charge is -2.36. The minimum absolute atomic E-state index is 0.154. The molecule has 1 nitrogen and oxygen atoms in total. The highest BCUT2D eigenvalue weighted by Crippen LogP contribution is 2.69. The van der Waals surface area contributed by atoms with E-state index in [0.717, 1.165) is 24.3 Å². The second-order valence-electron chi connectivity index (χ2n) is 17.3. The van der Waals surface area contributed by atoms with Gasteiger partial charge in [-0.3, -0.25) is 0 Å². The average molecular weight is 727 g/mol. The van der Waals surface area contributed by atoms with Crippen molar-refractivity contribution in [2.45, 2.75) is 35.5 Å². The Labute approximate surface area is 333 Å². The highest BCUT2D eigenvalue weighted by Gasteiger charge is 2.58. The van der Waals surface area contributed by atoms with Crippen molar-refractivity contribution < 1.29 is 4.74 Å². The van der Waals surface area contributed by atoms with Gasteiger partial charge in [0, 0.05) is 34.8 Å². The maximum atomic E-state index is 7.57. The molecule has 1 heteroatoms. The zero-order valence-electron chi connectivity index (χ0n) is 31.5. The fourth-order valence-electron chi connectivity index (χ4n) is 13.2. The standard InChI is InChI=1S/C56H38O/c1-2-16-34-33(15-1)43-29-41-39-21-7-13-27-49(39)55(45-23-9-3-17-35(45)36-18-4-10-24-46(36)55)51(41)31-53(43)57-54-32-52-42(30-44(34)54)40-22-8-14-28-50(40)56(52)47-25-11-5-19-37(47)38-20-6-12-26-48(38)56/h1-25,28-34,48-49H,26-27H2. The van der Waals surface area contributed by atoms with E-state index in [2.05, 4.69) is 182 Å². The summed E-state index contributed by atoms with van der Waals surface area (Å²) in [4.78, 5) is 0. The van der Waals surface area contributed by atoms with Crippen molar-refractivity contribution in [3.05, 3.63) is 238 Å². The van der Waals surface area contributed by atoms with Gasteiger partial charge in [-0.15, -0.1) is 0 Å². The minimum Gasteiger partial charge on any atom is -0.457 e. The molecular weight excluding hydrogens is 689 g/mol. The summed E-state index contributed by atoms with van der Waals surface area (Å²) in [5, 5.41) is 0. The van der Waals surface area contributed by atoms with Crippen molar-refractivity contribution in [1.82, 2.24) is 0 Å². The fourth-order valence-corrected chi connectivity index (χ4v) is 13.2. The van der Waals surface area contributed by atoms with Gasteiger partial charge in [0.1, 0.15) is 11.5 Å². The van der Waals surface area contributed by atoms with Crippen molar-refractivity contribution in [1.29, 1.82) is 0 Å². The highest BCUT2D eigenvalue weighted by atomic mass is 16.5. The molecule has 0 amide bonds. The molecular formula is C56H38O. The molecule has 5 atom stereocenters. The normalized spacial score (nSPS) is 25.7. The molecule has 1 heterocycles. The van der Waals surface area contributed by atoms with E-state index in [-0.39, 0.29) is 22.7 Å². The van der Waals surface area contributed by atoms with Gasteiger partial charge in [-0.2, -0.15) is 0 Å². The number of benzene rings is 6. The van der Waals surface area contributed by atoms with E-state index in [1.807, 2.05) is 0 Å². The average Bonchev–Trinajstić information content (AvgIpc) is 3.91. The topological polar surface area (TPSA) is 9.23 Å². The van der Waals surface area contributed by atoms with Crippen LogP contribution in [-0.2, 0) is 10.8 Å². The molecule has 0 fully saturated rings. The second-order valence-corrected chi connectivity index (χ2v) is 17.3. The van der Waals surface area contributed by atoms with Crippen LogP contribution in [0.2, 0.25) is 0 Å². The van der Waals surface area contributed by atoms with Crippen LogP contribution in [0.4, 0.5) is 0 Å². The van der Waals surface area contributed by atoms with Crippen molar-refractivity contribution in [3.63, 3.8) is 0 Å². The van der Waals surface area contributed by atoms with Gasteiger partial charge in [0.05, 0.1) is 10.8 Å². The maximum absolute atomic E-state index is 7.57. The molecule has 0 N–H and O–H groups in total. The van der Waals surface area contributed by atoms with Crippen LogP contribution < -0.4 is 4.74 Å². The summed E-state index contributed by atoms with van der Waals surface area (Å²) < 4.78 is 7.57. The zero-order valence-corrected chi connectivity index (χ0v) is 31.5. The van der Waals surface area contributed by atoms with Gasteiger partial charge in [-0.05, 0) is 115 Å². The van der Waals surface area contributed by atoms with E-state index in [4.69, 9.17) is 4.74 Å². The van der Waals surface area contributed by atoms with Gasteiger partial charge in [0.2, 0.25) is 0 Å². The second kappa shape index (κ2) is 10.7. The first-order valence-corrected chi connectivity index (χ1v) is 20.8. The van der Waals surface area contributed by atoms with E-state index in [1.54, 1.807) is 0 Å². The largest absolute Gasteiger partial charge is 0.457 e. The predicted molar refractivity (Wildman–Crippen MR) is 231 cm³/mol. The summed E-state index contributed by atoms with van der Waals surface area (Å²) in [5.41, 5.74) is 21.6. The molecule has 14 rings (SSSR count). The van der Waals surface area contributed by atoms with E-state index >= 15 is 0 Å². The van der Waals surface area contributed by atoms with Crippen LogP contribution in [0.1, 0.15) is 80.3 Å². The molecule has 2 spiro atoms. The molecule has 5 unspecified atom stereocenters. The molecule has 6 aromatic carbocycles. The van der Waals surface area contributed by atoms with Crippen molar-refractivity contribution >= 4 is 11.1 Å². The molecule has 0 saturated heterocycles. The van der Waals surface area contributed by atoms with E-state index in [0.29, 0.717) is 11.8 Å². The SMILES string of the molecule is C1=CCC2C(=C1)c1cc3c(cc1C21c2ccccc2-c2ccccc21)Oc1cc2c(cc1C1C=CC=CC31)-c1ccccc1C21c2ccccc2C2=CC=CCC21. The van der Waals surface area contributed by atoms with E-state index in [1.165, 1.54) is 89.0 Å². The first-order chi connectivity index (χ1) is 28.3. The Balaban J connectivity index is 1.04. The molecule has 0 bridgehead atoms. The molecule has 0 aromatic heterocycles. The van der Waals surface area contributed by atoms with Gasteiger partial charge < -0.3 is 4.74 Å². The summed E-state index contributed by atoms with van der Waals surface area (Å²) in [6.45, 7) is 0. The quantitative estimate of drug-likeness (QED) is 0.151. The van der Waals surface area contributed by atoms with Crippen molar-refractivity contribution in [2.24, 2.45) is 11.8 Å². The molecule has 1 aliphatic heterocycles. The Hall–Kier alpha value is -6.44. The monoisotopic (exact) mass is 726 g/mol. The van der Waals surface area contributed by atoms with Crippen LogP contribution in [0.15, 0.2) is 182 Å². The van der Waals surface area contributed by atoms with Gasteiger partial charge in [0.25, 0.3) is 0 Å². The number of allylic oxidation sites excluding steroid dienone is 12.